The maximum Gasteiger partial charge on any atom is 0.257 e. The van der Waals surface area contributed by atoms with Gasteiger partial charge >= 0.3 is 0 Å². The number of hydrogen-bond acceptors (Lipinski definition) is 3. The van der Waals surface area contributed by atoms with Gasteiger partial charge in [-0.3, -0.25) is 9.59 Å². The standard InChI is InChI=1S/C20H20F2N2O3/c1-13-3-6-18(27-2)16(11-13)20(26)24-9-7-23(8-10-24)19(25)15-5-4-14(21)12-17(15)22/h3-6,11-12H,7-10H2,1-2H3. The molecule has 0 N–H and O–H groups in total. The number of piperazine rings is 1. The summed E-state index contributed by atoms with van der Waals surface area (Å²) in [6, 6.07) is 8.27. The molecule has 0 aromatic heterocycles. The number of carbonyl (C=O) groups excluding carboxylic acids is 2. The molecule has 0 radical (unpaired) electrons. The zero-order valence-electron chi connectivity index (χ0n) is 15.2. The van der Waals surface area contributed by atoms with Crippen molar-refractivity contribution in [3.05, 3.63) is 64.7 Å². The maximum absolute atomic E-state index is 13.8. The molecule has 142 valence electrons. The molecule has 5 nitrogen and oxygen atoms in total. The first-order valence-electron chi connectivity index (χ1n) is 8.59. The van der Waals surface area contributed by atoms with Crippen LogP contribution in [0.15, 0.2) is 36.4 Å². The average molecular weight is 374 g/mol. The van der Waals surface area contributed by atoms with E-state index in [1.165, 1.54) is 12.0 Å². The largest absolute Gasteiger partial charge is 0.496 e. The van der Waals surface area contributed by atoms with Gasteiger partial charge in [-0.2, -0.15) is 0 Å². The molecule has 2 amide bonds. The van der Waals surface area contributed by atoms with Crippen molar-refractivity contribution in [2.24, 2.45) is 0 Å². The molecule has 0 atom stereocenters. The summed E-state index contributed by atoms with van der Waals surface area (Å²) < 4.78 is 32.1. The molecule has 2 aromatic carbocycles. The van der Waals surface area contributed by atoms with Crippen LogP contribution < -0.4 is 4.74 Å². The van der Waals surface area contributed by atoms with E-state index >= 15 is 0 Å². The molecule has 3 rings (SSSR count). The zero-order chi connectivity index (χ0) is 19.6. The monoisotopic (exact) mass is 374 g/mol. The molecule has 0 bridgehead atoms. The molecule has 0 aliphatic carbocycles. The summed E-state index contributed by atoms with van der Waals surface area (Å²) in [6.45, 7) is 3.09. The number of amides is 2. The van der Waals surface area contributed by atoms with Crippen LogP contribution in [0.25, 0.3) is 0 Å². The number of hydrogen-bond donors (Lipinski definition) is 0. The Morgan fingerprint density at radius 3 is 2.04 bits per heavy atom. The number of rotatable bonds is 3. The smallest absolute Gasteiger partial charge is 0.257 e. The number of methoxy groups -OCH3 is 1. The van der Waals surface area contributed by atoms with Crippen molar-refractivity contribution < 1.29 is 23.1 Å². The van der Waals surface area contributed by atoms with Gasteiger partial charge in [0.15, 0.2) is 0 Å². The van der Waals surface area contributed by atoms with Crippen molar-refractivity contribution in [2.75, 3.05) is 33.3 Å². The fourth-order valence-electron chi connectivity index (χ4n) is 3.11. The van der Waals surface area contributed by atoms with Crippen LogP contribution >= 0.6 is 0 Å². The fraction of sp³-hybridized carbons (Fsp3) is 0.300. The van der Waals surface area contributed by atoms with E-state index < -0.39 is 17.5 Å². The third-order valence-corrected chi connectivity index (χ3v) is 4.60. The Balaban J connectivity index is 1.69. The normalized spacial score (nSPS) is 14.2. The van der Waals surface area contributed by atoms with Crippen molar-refractivity contribution in [3.63, 3.8) is 0 Å². The van der Waals surface area contributed by atoms with Crippen molar-refractivity contribution in [1.29, 1.82) is 0 Å². The van der Waals surface area contributed by atoms with Gasteiger partial charge < -0.3 is 14.5 Å². The highest BCUT2D eigenvalue weighted by atomic mass is 19.1. The number of aryl methyl sites for hydroxylation is 1. The van der Waals surface area contributed by atoms with Crippen molar-refractivity contribution >= 4 is 11.8 Å². The Labute approximate surface area is 156 Å². The van der Waals surface area contributed by atoms with Crippen LogP contribution in [0.4, 0.5) is 8.78 Å². The summed E-state index contributed by atoms with van der Waals surface area (Å²) in [7, 11) is 1.51. The lowest BCUT2D eigenvalue weighted by Crippen LogP contribution is -2.50. The molecule has 0 spiro atoms. The molecular formula is C20H20F2N2O3. The number of carbonyl (C=O) groups is 2. The van der Waals surface area contributed by atoms with E-state index in [0.29, 0.717) is 30.5 Å². The highest BCUT2D eigenvalue weighted by Crippen LogP contribution is 2.22. The SMILES string of the molecule is COc1ccc(C)cc1C(=O)N1CCN(C(=O)c2ccc(F)cc2F)CC1. The summed E-state index contributed by atoms with van der Waals surface area (Å²) in [5, 5.41) is 0. The molecule has 2 aromatic rings. The Hall–Kier alpha value is -2.96. The molecule has 1 aliphatic rings. The second kappa shape index (κ2) is 7.73. The second-order valence-electron chi connectivity index (χ2n) is 6.41. The number of ether oxygens (including phenoxy) is 1. The second-order valence-corrected chi connectivity index (χ2v) is 6.41. The lowest BCUT2D eigenvalue weighted by atomic mass is 10.1. The van der Waals surface area contributed by atoms with Crippen LogP contribution in [-0.4, -0.2) is 54.9 Å². The Kier molecular flexibility index (Phi) is 5.39. The molecule has 1 fully saturated rings. The van der Waals surface area contributed by atoms with Gasteiger partial charge in [-0.1, -0.05) is 11.6 Å². The van der Waals surface area contributed by atoms with Crippen molar-refractivity contribution in [1.82, 2.24) is 9.80 Å². The van der Waals surface area contributed by atoms with E-state index in [1.807, 2.05) is 13.0 Å². The summed E-state index contributed by atoms with van der Waals surface area (Å²) in [4.78, 5) is 28.4. The summed E-state index contributed by atoms with van der Waals surface area (Å²) in [6.07, 6.45) is 0. The molecular weight excluding hydrogens is 354 g/mol. The van der Waals surface area contributed by atoms with Gasteiger partial charge in [0, 0.05) is 32.2 Å². The Bertz CT molecular complexity index is 878. The molecule has 0 saturated carbocycles. The quantitative estimate of drug-likeness (QED) is 0.830. The molecule has 1 aliphatic heterocycles. The van der Waals surface area contributed by atoms with E-state index in [-0.39, 0.29) is 24.6 Å². The minimum atomic E-state index is -0.886. The minimum Gasteiger partial charge on any atom is -0.496 e. The molecule has 1 heterocycles. The van der Waals surface area contributed by atoms with E-state index in [2.05, 4.69) is 0 Å². The van der Waals surface area contributed by atoms with E-state index in [0.717, 1.165) is 17.7 Å². The number of nitrogens with zero attached hydrogens (tertiary/aromatic N) is 2. The fourth-order valence-corrected chi connectivity index (χ4v) is 3.11. The molecule has 1 saturated heterocycles. The summed E-state index contributed by atoms with van der Waals surface area (Å²) in [5.41, 5.74) is 1.25. The first kappa shape index (κ1) is 18.8. The lowest BCUT2D eigenvalue weighted by molar-refractivity contribution is 0.0531. The van der Waals surface area contributed by atoms with Crippen LogP contribution in [0.5, 0.6) is 5.75 Å². The van der Waals surface area contributed by atoms with Gasteiger partial charge in [0.2, 0.25) is 0 Å². The van der Waals surface area contributed by atoms with Crippen LogP contribution in [0.2, 0.25) is 0 Å². The predicted molar refractivity (Wildman–Crippen MR) is 95.9 cm³/mol. The average Bonchev–Trinajstić information content (AvgIpc) is 2.67. The predicted octanol–water partition coefficient (Wildman–Crippen LogP) is 2.88. The highest BCUT2D eigenvalue weighted by molar-refractivity contribution is 5.98. The summed E-state index contributed by atoms with van der Waals surface area (Å²) in [5.74, 6) is -1.80. The van der Waals surface area contributed by atoms with Gasteiger partial charge in [-0.05, 0) is 31.2 Å². The highest BCUT2D eigenvalue weighted by Gasteiger charge is 2.28. The first-order chi connectivity index (χ1) is 12.9. The molecule has 7 heteroatoms. The summed E-state index contributed by atoms with van der Waals surface area (Å²) >= 11 is 0. The van der Waals surface area contributed by atoms with E-state index in [9.17, 15) is 18.4 Å². The lowest BCUT2D eigenvalue weighted by Gasteiger charge is -2.35. The number of halogens is 2. The van der Waals surface area contributed by atoms with Gasteiger partial charge in [0.05, 0.1) is 18.2 Å². The first-order valence-corrected chi connectivity index (χ1v) is 8.59. The topological polar surface area (TPSA) is 49.9 Å². The van der Waals surface area contributed by atoms with E-state index in [1.54, 1.807) is 17.0 Å². The van der Waals surface area contributed by atoms with Gasteiger partial charge in [0.1, 0.15) is 17.4 Å². The number of benzene rings is 2. The van der Waals surface area contributed by atoms with Gasteiger partial charge in [-0.15, -0.1) is 0 Å². The minimum absolute atomic E-state index is 0.170. The van der Waals surface area contributed by atoms with E-state index in [4.69, 9.17) is 4.74 Å². The maximum atomic E-state index is 13.8. The third-order valence-electron chi connectivity index (χ3n) is 4.60. The van der Waals surface area contributed by atoms with Gasteiger partial charge in [-0.25, -0.2) is 8.78 Å². The van der Waals surface area contributed by atoms with Crippen molar-refractivity contribution in [2.45, 2.75) is 6.92 Å². The third kappa shape index (κ3) is 3.92. The van der Waals surface area contributed by atoms with Crippen LogP contribution in [-0.2, 0) is 0 Å². The molecule has 27 heavy (non-hydrogen) atoms. The van der Waals surface area contributed by atoms with Crippen LogP contribution in [0.3, 0.4) is 0 Å². The van der Waals surface area contributed by atoms with Gasteiger partial charge in [0.25, 0.3) is 11.8 Å². The van der Waals surface area contributed by atoms with Crippen molar-refractivity contribution in [3.8, 4) is 5.75 Å². The van der Waals surface area contributed by atoms with Crippen LogP contribution in [0.1, 0.15) is 26.3 Å². The zero-order valence-corrected chi connectivity index (χ0v) is 15.2. The van der Waals surface area contributed by atoms with Crippen LogP contribution in [0, 0.1) is 18.6 Å². The molecule has 0 unspecified atom stereocenters. The Morgan fingerprint density at radius 1 is 0.889 bits per heavy atom. The Morgan fingerprint density at radius 2 is 1.48 bits per heavy atom.